The van der Waals surface area contributed by atoms with Crippen molar-refractivity contribution in [2.24, 2.45) is 5.92 Å². The van der Waals surface area contributed by atoms with Crippen LogP contribution in [0.15, 0.2) is 11.4 Å². The van der Waals surface area contributed by atoms with Crippen molar-refractivity contribution in [2.45, 2.75) is 26.3 Å². The average molecular weight is 262 g/mol. The first-order valence-corrected chi connectivity index (χ1v) is 7.36. The summed E-state index contributed by atoms with van der Waals surface area (Å²) >= 11 is 1.63. The van der Waals surface area contributed by atoms with E-state index in [0.29, 0.717) is 5.82 Å². The molecule has 0 unspecified atom stereocenters. The Hall–Kier alpha value is -1.20. The van der Waals surface area contributed by atoms with Crippen LogP contribution < -0.4 is 5.73 Å². The predicted molar refractivity (Wildman–Crippen MR) is 75.5 cm³/mol. The second kappa shape index (κ2) is 4.82. The van der Waals surface area contributed by atoms with Crippen LogP contribution in [0.25, 0.3) is 10.2 Å². The highest BCUT2D eigenvalue weighted by molar-refractivity contribution is 7.16. The number of nitrogens with zero attached hydrogens (tertiary/aromatic N) is 3. The van der Waals surface area contributed by atoms with Crippen LogP contribution in [0.3, 0.4) is 0 Å². The van der Waals surface area contributed by atoms with Crippen molar-refractivity contribution in [3.63, 3.8) is 0 Å². The summed E-state index contributed by atoms with van der Waals surface area (Å²) < 4.78 is 0. The number of thiophene rings is 1. The molecular weight excluding hydrogens is 244 g/mol. The molecular formula is C13H18N4S. The molecule has 1 fully saturated rings. The minimum Gasteiger partial charge on any atom is -0.383 e. The molecule has 0 radical (unpaired) electrons. The van der Waals surface area contributed by atoms with Crippen LogP contribution in [-0.2, 0) is 6.54 Å². The minimum atomic E-state index is 0.610. The first kappa shape index (κ1) is 11.9. The van der Waals surface area contributed by atoms with Crippen molar-refractivity contribution in [1.29, 1.82) is 0 Å². The molecule has 2 aromatic rings. The van der Waals surface area contributed by atoms with E-state index in [9.17, 15) is 0 Å². The third kappa shape index (κ3) is 2.47. The number of nitrogen functional groups attached to an aromatic ring is 1. The topological polar surface area (TPSA) is 55.0 Å². The van der Waals surface area contributed by atoms with E-state index in [0.717, 1.165) is 35.0 Å². The lowest BCUT2D eigenvalue weighted by Crippen LogP contribution is -2.26. The zero-order chi connectivity index (χ0) is 12.5. The Morgan fingerprint density at radius 3 is 3.00 bits per heavy atom. The van der Waals surface area contributed by atoms with Gasteiger partial charge in [-0.25, -0.2) is 9.97 Å². The fourth-order valence-corrected chi connectivity index (χ4v) is 2.96. The van der Waals surface area contributed by atoms with Gasteiger partial charge < -0.3 is 5.73 Å². The van der Waals surface area contributed by atoms with E-state index >= 15 is 0 Å². The number of nitrogens with two attached hydrogens (primary N) is 1. The summed E-state index contributed by atoms with van der Waals surface area (Å²) in [5.74, 6) is 2.36. The van der Waals surface area contributed by atoms with Crippen molar-refractivity contribution in [3.8, 4) is 0 Å². The molecule has 2 N–H and O–H groups in total. The van der Waals surface area contributed by atoms with Gasteiger partial charge in [0.25, 0.3) is 0 Å². The van der Waals surface area contributed by atoms with Crippen molar-refractivity contribution in [3.05, 3.63) is 17.3 Å². The van der Waals surface area contributed by atoms with Gasteiger partial charge >= 0.3 is 0 Å². The van der Waals surface area contributed by atoms with Gasteiger partial charge in [-0.15, -0.1) is 11.3 Å². The molecule has 0 aliphatic heterocycles. The summed E-state index contributed by atoms with van der Waals surface area (Å²) in [5.41, 5.74) is 5.97. The summed E-state index contributed by atoms with van der Waals surface area (Å²) in [6.45, 7) is 5.21. The maximum Gasteiger partial charge on any atom is 0.146 e. The molecule has 3 rings (SSSR count). The van der Waals surface area contributed by atoms with Gasteiger partial charge in [0.15, 0.2) is 0 Å². The molecule has 1 saturated carbocycles. The molecule has 0 saturated heterocycles. The molecule has 1 aliphatic carbocycles. The molecule has 1 aliphatic rings. The van der Waals surface area contributed by atoms with Gasteiger partial charge in [0.1, 0.15) is 16.5 Å². The van der Waals surface area contributed by atoms with Crippen LogP contribution in [0.4, 0.5) is 5.82 Å². The minimum absolute atomic E-state index is 0.610. The van der Waals surface area contributed by atoms with Gasteiger partial charge in [0.05, 0.1) is 11.9 Å². The molecule has 2 aromatic heterocycles. The average Bonchev–Trinajstić information content (AvgIpc) is 3.03. The summed E-state index contributed by atoms with van der Waals surface area (Å²) in [7, 11) is 0. The summed E-state index contributed by atoms with van der Waals surface area (Å²) in [6, 6.07) is 1.99. The molecule has 18 heavy (non-hydrogen) atoms. The molecule has 0 amide bonds. The fourth-order valence-electron chi connectivity index (χ4n) is 2.17. The van der Waals surface area contributed by atoms with E-state index in [2.05, 4.69) is 21.8 Å². The Balaban J connectivity index is 1.79. The Morgan fingerprint density at radius 2 is 2.28 bits per heavy atom. The zero-order valence-corrected chi connectivity index (χ0v) is 11.4. The van der Waals surface area contributed by atoms with Crippen LogP contribution >= 0.6 is 11.3 Å². The van der Waals surface area contributed by atoms with Crippen LogP contribution in [0.5, 0.6) is 0 Å². The first-order chi connectivity index (χ1) is 8.76. The third-order valence-corrected chi connectivity index (χ3v) is 4.23. The van der Waals surface area contributed by atoms with Crippen molar-refractivity contribution >= 4 is 27.4 Å². The van der Waals surface area contributed by atoms with Gasteiger partial charge in [0.2, 0.25) is 0 Å². The molecule has 0 bridgehead atoms. The highest BCUT2D eigenvalue weighted by Gasteiger charge is 2.24. The van der Waals surface area contributed by atoms with Crippen LogP contribution in [-0.4, -0.2) is 28.0 Å². The maximum absolute atomic E-state index is 5.97. The number of rotatable bonds is 5. The molecule has 0 aromatic carbocycles. The summed E-state index contributed by atoms with van der Waals surface area (Å²) in [4.78, 5) is 12.4. The lowest BCUT2D eigenvalue weighted by atomic mass is 10.3. The number of fused-ring (bicyclic) bond motifs is 1. The molecule has 0 spiro atoms. The lowest BCUT2D eigenvalue weighted by Gasteiger charge is -2.19. The van der Waals surface area contributed by atoms with Gasteiger partial charge in [-0.2, -0.15) is 0 Å². The van der Waals surface area contributed by atoms with E-state index < -0.39 is 0 Å². The Morgan fingerprint density at radius 1 is 1.44 bits per heavy atom. The maximum atomic E-state index is 5.97. The SMILES string of the molecule is CCN(Cc1nc(N)c2ccsc2n1)CC1CC1. The standard InChI is InChI=1S/C13H18N4S/c1-2-17(7-9-3-4-9)8-11-15-12(14)10-5-6-18-13(10)16-11/h5-6,9H,2-4,7-8H2,1H3,(H2,14,15,16). The summed E-state index contributed by atoms with van der Waals surface area (Å²) in [5, 5.41) is 3.00. The Kier molecular flexibility index (Phi) is 3.18. The molecule has 96 valence electrons. The van der Waals surface area contributed by atoms with Gasteiger partial charge in [-0.05, 0) is 36.8 Å². The van der Waals surface area contributed by atoms with E-state index in [1.54, 1.807) is 11.3 Å². The van der Waals surface area contributed by atoms with Crippen LogP contribution in [0.2, 0.25) is 0 Å². The highest BCUT2D eigenvalue weighted by Crippen LogP contribution is 2.30. The first-order valence-electron chi connectivity index (χ1n) is 6.48. The number of anilines is 1. The third-order valence-electron chi connectivity index (χ3n) is 3.43. The lowest BCUT2D eigenvalue weighted by molar-refractivity contribution is 0.262. The number of aromatic nitrogens is 2. The largest absolute Gasteiger partial charge is 0.383 e. The predicted octanol–water partition coefficient (Wildman–Crippen LogP) is 2.51. The van der Waals surface area contributed by atoms with Crippen molar-refractivity contribution in [1.82, 2.24) is 14.9 Å². The van der Waals surface area contributed by atoms with Crippen LogP contribution in [0.1, 0.15) is 25.6 Å². The molecule has 5 heteroatoms. The quantitative estimate of drug-likeness (QED) is 0.899. The van der Waals surface area contributed by atoms with Crippen molar-refractivity contribution in [2.75, 3.05) is 18.8 Å². The zero-order valence-electron chi connectivity index (χ0n) is 10.6. The van der Waals surface area contributed by atoms with E-state index in [4.69, 9.17) is 5.73 Å². The van der Waals surface area contributed by atoms with E-state index in [1.807, 2.05) is 11.4 Å². The van der Waals surface area contributed by atoms with Gasteiger partial charge in [0, 0.05) is 6.54 Å². The molecule has 4 nitrogen and oxygen atoms in total. The molecule has 2 heterocycles. The monoisotopic (exact) mass is 262 g/mol. The second-order valence-electron chi connectivity index (χ2n) is 4.94. The highest BCUT2D eigenvalue weighted by atomic mass is 32.1. The normalized spacial score (nSPS) is 15.7. The summed E-state index contributed by atoms with van der Waals surface area (Å²) in [6.07, 6.45) is 2.76. The van der Waals surface area contributed by atoms with Gasteiger partial charge in [-0.3, -0.25) is 4.90 Å². The van der Waals surface area contributed by atoms with E-state index in [1.165, 1.54) is 19.4 Å². The Labute approximate surface area is 111 Å². The second-order valence-corrected chi connectivity index (χ2v) is 5.83. The smallest absolute Gasteiger partial charge is 0.146 e. The number of hydrogen-bond donors (Lipinski definition) is 1. The van der Waals surface area contributed by atoms with E-state index in [-0.39, 0.29) is 0 Å². The molecule has 0 atom stereocenters. The van der Waals surface area contributed by atoms with Gasteiger partial charge in [-0.1, -0.05) is 6.92 Å². The number of hydrogen-bond acceptors (Lipinski definition) is 5. The Bertz CT molecular complexity index is 547. The van der Waals surface area contributed by atoms with Crippen molar-refractivity contribution < 1.29 is 0 Å². The fraction of sp³-hybridized carbons (Fsp3) is 0.538. The van der Waals surface area contributed by atoms with Crippen LogP contribution in [0, 0.1) is 5.92 Å².